The highest BCUT2D eigenvalue weighted by Crippen LogP contribution is 2.26. The number of nitrogens with zero attached hydrogens (tertiary/aromatic N) is 1. The van der Waals surface area contributed by atoms with Crippen molar-refractivity contribution in [3.63, 3.8) is 0 Å². The highest BCUT2D eigenvalue weighted by Gasteiger charge is 2.38. The third-order valence-corrected chi connectivity index (χ3v) is 5.01. The fourth-order valence-electron chi connectivity index (χ4n) is 1.37. The zero-order chi connectivity index (χ0) is 18.5. The van der Waals surface area contributed by atoms with E-state index >= 15 is 0 Å². The van der Waals surface area contributed by atoms with Crippen molar-refractivity contribution in [2.45, 2.75) is 58.8 Å². The summed E-state index contributed by atoms with van der Waals surface area (Å²) in [7, 11) is -2.45. The molecule has 0 spiro atoms. The van der Waals surface area contributed by atoms with Crippen LogP contribution in [-0.2, 0) is 24.2 Å². The Labute approximate surface area is 139 Å². The van der Waals surface area contributed by atoms with Crippen molar-refractivity contribution < 1.29 is 22.8 Å². The number of sulfone groups is 1. The predicted octanol–water partition coefficient (Wildman–Crippen LogP) is 3.00. The van der Waals surface area contributed by atoms with E-state index in [9.17, 15) is 13.2 Å². The van der Waals surface area contributed by atoms with Crippen LogP contribution < -0.4 is 0 Å². The lowest BCUT2D eigenvalue weighted by atomic mass is 10.2. The summed E-state index contributed by atoms with van der Waals surface area (Å²) in [4.78, 5) is 16.5. The average molecular weight is 345 g/mol. The topological polar surface area (TPSA) is 82.0 Å². The zero-order valence-corrected chi connectivity index (χ0v) is 15.9. The molecule has 0 aliphatic heterocycles. The summed E-state index contributed by atoms with van der Waals surface area (Å²) in [5.74, 6) is -0.876. The van der Waals surface area contributed by atoms with Crippen LogP contribution in [0.5, 0.6) is 0 Å². The average Bonchev–Trinajstić information content (AvgIpc) is 2.30. The molecule has 0 radical (unpaired) electrons. The van der Waals surface area contributed by atoms with Crippen LogP contribution in [-0.4, -0.2) is 37.6 Å². The number of ether oxygens (including phenoxy) is 1. The molecular formula is C16H27NO5S. The van der Waals surface area contributed by atoms with Gasteiger partial charge in [-0.2, -0.15) is 0 Å². The Morgan fingerprint density at radius 2 is 1.61 bits per heavy atom. The van der Waals surface area contributed by atoms with Crippen molar-refractivity contribution in [1.82, 2.24) is 0 Å². The van der Waals surface area contributed by atoms with Crippen molar-refractivity contribution >= 4 is 21.5 Å². The summed E-state index contributed by atoms with van der Waals surface area (Å²) in [6, 6.07) is 0. The molecule has 0 heterocycles. The summed E-state index contributed by atoms with van der Waals surface area (Å²) < 4.78 is 29.3. The molecule has 0 atom stereocenters. The molecule has 7 heteroatoms. The molecule has 0 bridgehead atoms. The molecule has 0 aliphatic rings. The second-order valence-corrected chi connectivity index (χ2v) is 9.59. The molecule has 0 aromatic heterocycles. The van der Waals surface area contributed by atoms with Crippen LogP contribution in [0.15, 0.2) is 28.3 Å². The maximum atomic E-state index is 12.6. The first-order valence-electron chi connectivity index (χ1n) is 7.16. The quantitative estimate of drug-likeness (QED) is 0.251. The Morgan fingerprint density at radius 3 is 2.00 bits per heavy atom. The van der Waals surface area contributed by atoms with Gasteiger partial charge >= 0.3 is 5.97 Å². The minimum absolute atomic E-state index is 0.388. The third-order valence-electron chi connectivity index (χ3n) is 2.52. The Balaban J connectivity index is 5.85. The molecule has 0 amide bonds. The van der Waals surface area contributed by atoms with Gasteiger partial charge in [0, 0.05) is 0 Å². The largest absolute Gasteiger partial charge is 0.456 e. The number of carbonyl (C=O) groups is 1. The van der Waals surface area contributed by atoms with E-state index in [4.69, 9.17) is 4.74 Å². The molecule has 0 N–H and O–H groups in total. The summed E-state index contributed by atoms with van der Waals surface area (Å²) in [5.41, 5.74) is -0.263. The molecular weight excluding hydrogens is 318 g/mol. The summed E-state index contributed by atoms with van der Waals surface area (Å²) in [6.45, 7) is 11.3. The van der Waals surface area contributed by atoms with Gasteiger partial charge in [-0.25, -0.2) is 13.2 Å². The smallest absolute Gasteiger partial charge is 0.350 e. The molecule has 132 valence electrons. The number of hydrogen-bond donors (Lipinski definition) is 0. The van der Waals surface area contributed by atoms with Crippen LogP contribution in [0.3, 0.4) is 0 Å². The van der Waals surface area contributed by atoms with Gasteiger partial charge < -0.3 is 9.57 Å². The molecule has 0 aromatic carbocycles. The normalized spacial score (nSPS) is 15.0. The molecule has 0 fully saturated rings. The third kappa shape index (κ3) is 6.99. The van der Waals surface area contributed by atoms with Gasteiger partial charge in [0.05, 0.1) is 10.5 Å². The van der Waals surface area contributed by atoms with Gasteiger partial charge in [-0.05, 0) is 60.6 Å². The van der Waals surface area contributed by atoms with E-state index in [1.165, 1.54) is 46.1 Å². The van der Waals surface area contributed by atoms with Gasteiger partial charge in [-0.1, -0.05) is 11.2 Å². The maximum Gasteiger partial charge on any atom is 0.350 e. The van der Waals surface area contributed by atoms with E-state index < -0.39 is 26.2 Å². The van der Waals surface area contributed by atoms with Crippen LogP contribution >= 0.6 is 0 Å². The molecule has 23 heavy (non-hydrogen) atoms. The standard InChI is InChI=1S/C16H27NO5S/c1-12(17-21-8)10-9-11-13(14(18)22-15(2,3)4)23(19,20)16(5,6)7/h9-11H,1-8H3. The van der Waals surface area contributed by atoms with Gasteiger partial charge in [-0.15, -0.1) is 0 Å². The van der Waals surface area contributed by atoms with Crippen LogP contribution in [0, 0.1) is 0 Å². The van der Waals surface area contributed by atoms with Gasteiger partial charge in [-0.3, -0.25) is 0 Å². The summed E-state index contributed by atoms with van der Waals surface area (Å²) in [5, 5.41) is 3.67. The molecule has 6 nitrogen and oxygen atoms in total. The second kappa shape index (κ2) is 7.77. The molecule has 0 aliphatic carbocycles. The Bertz CT molecular complexity index is 614. The first kappa shape index (κ1) is 21.4. The lowest BCUT2D eigenvalue weighted by Crippen LogP contribution is -2.35. The van der Waals surface area contributed by atoms with Crippen molar-refractivity contribution in [1.29, 1.82) is 0 Å². The lowest BCUT2D eigenvalue weighted by molar-refractivity contribution is -0.149. The minimum Gasteiger partial charge on any atom is -0.456 e. The number of rotatable bonds is 5. The summed E-state index contributed by atoms with van der Waals surface area (Å²) in [6.07, 6.45) is 4.19. The van der Waals surface area contributed by atoms with E-state index in [1.54, 1.807) is 27.7 Å². The lowest BCUT2D eigenvalue weighted by Gasteiger charge is -2.24. The number of allylic oxidation sites excluding steroid dienone is 3. The SMILES string of the molecule is CON=C(C)C=CC=C(C(=O)OC(C)(C)C)S(=O)(=O)C(C)(C)C. The first-order valence-corrected chi connectivity index (χ1v) is 8.65. The number of esters is 1. The fraction of sp³-hybridized carbons (Fsp3) is 0.625. The summed E-state index contributed by atoms with van der Waals surface area (Å²) >= 11 is 0. The Kier molecular flexibility index (Phi) is 7.22. The fourth-order valence-corrected chi connectivity index (χ4v) is 2.55. The maximum absolute atomic E-state index is 12.6. The van der Waals surface area contributed by atoms with Crippen molar-refractivity contribution in [2.24, 2.45) is 5.16 Å². The van der Waals surface area contributed by atoms with Crippen LogP contribution in [0.25, 0.3) is 0 Å². The van der Waals surface area contributed by atoms with E-state index in [0.717, 1.165) is 0 Å². The number of oxime groups is 1. The molecule has 0 saturated heterocycles. The van der Waals surface area contributed by atoms with E-state index in [1.807, 2.05) is 0 Å². The first-order chi connectivity index (χ1) is 10.2. The highest BCUT2D eigenvalue weighted by molar-refractivity contribution is 7.97. The van der Waals surface area contributed by atoms with E-state index in [0.29, 0.717) is 5.71 Å². The predicted molar refractivity (Wildman–Crippen MR) is 91.9 cm³/mol. The van der Waals surface area contributed by atoms with E-state index in [-0.39, 0.29) is 4.91 Å². The van der Waals surface area contributed by atoms with Gasteiger partial charge in [0.15, 0.2) is 14.7 Å². The van der Waals surface area contributed by atoms with E-state index in [2.05, 4.69) is 9.99 Å². The van der Waals surface area contributed by atoms with Crippen molar-refractivity contribution in [3.05, 3.63) is 23.1 Å². The van der Waals surface area contributed by atoms with Crippen molar-refractivity contribution in [3.8, 4) is 0 Å². The zero-order valence-electron chi connectivity index (χ0n) is 15.1. The van der Waals surface area contributed by atoms with Gasteiger partial charge in [0.1, 0.15) is 12.7 Å². The minimum atomic E-state index is -3.86. The molecule has 0 rings (SSSR count). The number of carbonyl (C=O) groups excluding carboxylic acids is 1. The molecule has 0 saturated carbocycles. The van der Waals surface area contributed by atoms with Gasteiger partial charge in [0.25, 0.3) is 0 Å². The Morgan fingerprint density at radius 1 is 1.09 bits per heavy atom. The monoisotopic (exact) mass is 345 g/mol. The second-order valence-electron chi connectivity index (χ2n) is 6.92. The molecule has 0 aromatic rings. The van der Waals surface area contributed by atoms with Gasteiger partial charge in [0.2, 0.25) is 0 Å². The number of hydrogen-bond acceptors (Lipinski definition) is 6. The van der Waals surface area contributed by atoms with Crippen molar-refractivity contribution in [2.75, 3.05) is 7.11 Å². The van der Waals surface area contributed by atoms with Crippen LogP contribution in [0.4, 0.5) is 0 Å². The highest BCUT2D eigenvalue weighted by atomic mass is 32.2. The van der Waals surface area contributed by atoms with Crippen LogP contribution in [0.2, 0.25) is 0 Å². The van der Waals surface area contributed by atoms with Crippen LogP contribution in [0.1, 0.15) is 48.5 Å². The molecule has 0 unspecified atom stereocenters. The Hall–Kier alpha value is -1.63.